The number of carbonyl (C=O) groups excluding carboxylic acids is 2. The van der Waals surface area contributed by atoms with Crippen LogP contribution >= 0.6 is 0 Å². The molecule has 2 aromatic rings. The van der Waals surface area contributed by atoms with Crippen LogP contribution in [-0.2, 0) is 4.79 Å². The zero-order valence-corrected chi connectivity index (χ0v) is 16.6. The summed E-state index contributed by atoms with van der Waals surface area (Å²) in [6, 6.07) is 5.85. The maximum atomic E-state index is 13.0. The topological polar surface area (TPSA) is 81.7 Å². The molecule has 2 aliphatic heterocycles. The molecule has 3 heterocycles. The van der Waals surface area contributed by atoms with Crippen LogP contribution in [0.5, 0.6) is 0 Å². The van der Waals surface area contributed by atoms with Gasteiger partial charge in [0, 0.05) is 63.8 Å². The molecule has 8 nitrogen and oxygen atoms in total. The number of nitrogens with zero attached hydrogens (tertiary/aromatic N) is 4. The highest BCUT2D eigenvalue weighted by Crippen LogP contribution is 2.20. The lowest BCUT2D eigenvalue weighted by atomic mass is 10.1. The van der Waals surface area contributed by atoms with E-state index in [2.05, 4.69) is 9.88 Å². The quantitative estimate of drug-likeness (QED) is 0.851. The second-order valence-corrected chi connectivity index (χ2v) is 8.03. The average molecular weight is 385 g/mol. The van der Waals surface area contributed by atoms with Crippen LogP contribution in [0.3, 0.4) is 0 Å². The summed E-state index contributed by atoms with van der Waals surface area (Å²) in [5.41, 5.74) is 1.98. The summed E-state index contributed by atoms with van der Waals surface area (Å²) < 4.78 is 1.68. The summed E-state index contributed by atoms with van der Waals surface area (Å²) in [5.74, 6) is 0.134. The number of likely N-dealkylation sites (tertiary alicyclic amines) is 1. The molecule has 1 aromatic carbocycles. The summed E-state index contributed by atoms with van der Waals surface area (Å²) in [5, 5.41) is 0. The molecule has 2 saturated heterocycles. The average Bonchev–Trinajstić information content (AvgIpc) is 2.95. The van der Waals surface area contributed by atoms with E-state index in [0.29, 0.717) is 24.7 Å². The Morgan fingerprint density at radius 1 is 1.07 bits per heavy atom. The van der Waals surface area contributed by atoms with Crippen molar-refractivity contribution in [2.24, 2.45) is 0 Å². The van der Waals surface area contributed by atoms with Crippen LogP contribution in [-0.4, -0.2) is 81.4 Å². The Labute approximate surface area is 163 Å². The highest BCUT2D eigenvalue weighted by Gasteiger charge is 2.35. The van der Waals surface area contributed by atoms with Crippen LogP contribution in [0.25, 0.3) is 11.0 Å². The molecular weight excluding hydrogens is 358 g/mol. The molecule has 0 saturated carbocycles. The number of nitrogens with one attached hydrogen (secondary N) is 1. The molecule has 1 N–H and O–H groups in total. The van der Waals surface area contributed by atoms with E-state index in [1.807, 2.05) is 35.8 Å². The monoisotopic (exact) mass is 385 g/mol. The van der Waals surface area contributed by atoms with Crippen LogP contribution in [0.2, 0.25) is 0 Å². The molecule has 0 aliphatic carbocycles. The third-order valence-electron chi connectivity index (χ3n) is 5.91. The minimum atomic E-state index is -0.150. The first kappa shape index (κ1) is 18.7. The smallest absolute Gasteiger partial charge is 0.326 e. The third kappa shape index (κ3) is 3.22. The predicted octanol–water partition coefficient (Wildman–Crippen LogP) is 0.899. The van der Waals surface area contributed by atoms with Gasteiger partial charge in [0.15, 0.2) is 0 Å². The normalized spacial score (nSPS) is 18.7. The van der Waals surface area contributed by atoms with Crippen LogP contribution in [0.1, 0.15) is 37.2 Å². The maximum absolute atomic E-state index is 13.0. The molecule has 28 heavy (non-hydrogen) atoms. The molecule has 1 aromatic heterocycles. The molecule has 0 radical (unpaired) electrons. The Kier molecular flexibility index (Phi) is 4.74. The maximum Gasteiger partial charge on any atom is 0.326 e. The van der Waals surface area contributed by atoms with E-state index < -0.39 is 0 Å². The SMILES string of the molecule is CC(=O)N1CC(N2CCN(C(=O)c3ccc4[nH]c(=O)n(C(C)C)c4c3)CC2)C1. The van der Waals surface area contributed by atoms with Gasteiger partial charge in [0.05, 0.1) is 11.0 Å². The molecule has 2 fully saturated rings. The van der Waals surface area contributed by atoms with Crippen molar-refractivity contribution in [2.75, 3.05) is 39.3 Å². The second kappa shape index (κ2) is 7.09. The van der Waals surface area contributed by atoms with Crippen molar-refractivity contribution in [2.45, 2.75) is 32.9 Å². The van der Waals surface area contributed by atoms with E-state index in [-0.39, 0.29) is 23.5 Å². The molecule has 2 amide bonds. The minimum Gasteiger partial charge on any atom is -0.340 e. The highest BCUT2D eigenvalue weighted by molar-refractivity contribution is 5.97. The van der Waals surface area contributed by atoms with Crippen molar-refractivity contribution in [1.82, 2.24) is 24.3 Å². The first-order chi connectivity index (χ1) is 13.3. The summed E-state index contributed by atoms with van der Waals surface area (Å²) in [6.07, 6.45) is 0. The van der Waals surface area contributed by atoms with Crippen LogP contribution in [0.4, 0.5) is 0 Å². The van der Waals surface area contributed by atoms with Gasteiger partial charge in [-0.1, -0.05) is 0 Å². The fourth-order valence-corrected chi connectivity index (χ4v) is 4.18. The van der Waals surface area contributed by atoms with Crippen LogP contribution < -0.4 is 5.69 Å². The Bertz CT molecular complexity index is 962. The number of benzene rings is 1. The van der Waals surface area contributed by atoms with Crippen molar-refractivity contribution in [3.05, 3.63) is 34.2 Å². The van der Waals surface area contributed by atoms with E-state index in [9.17, 15) is 14.4 Å². The number of carbonyl (C=O) groups is 2. The molecular formula is C20H27N5O3. The van der Waals surface area contributed by atoms with Gasteiger partial charge in [0.2, 0.25) is 5.91 Å². The van der Waals surface area contributed by atoms with E-state index in [1.54, 1.807) is 17.6 Å². The molecule has 0 spiro atoms. The number of fused-ring (bicyclic) bond motifs is 1. The van der Waals surface area contributed by atoms with E-state index >= 15 is 0 Å². The lowest BCUT2D eigenvalue weighted by molar-refractivity contribution is -0.136. The number of H-pyrrole nitrogens is 1. The van der Waals surface area contributed by atoms with Gasteiger partial charge in [-0.25, -0.2) is 4.79 Å². The summed E-state index contributed by atoms with van der Waals surface area (Å²) in [4.78, 5) is 45.4. The molecule has 8 heteroatoms. The minimum absolute atomic E-state index is 0.00415. The fraction of sp³-hybridized carbons (Fsp3) is 0.550. The van der Waals surface area contributed by atoms with Gasteiger partial charge in [-0.3, -0.25) is 19.1 Å². The van der Waals surface area contributed by atoms with Gasteiger partial charge in [-0.2, -0.15) is 0 Å². The van der Waals surface area contributed by atoms with Gasteiger partial charge in [-0.05, 0) is 32.0 Å². The highest BCUT2D eigenvalue weighted by atomic mass is 16.2. The largest absolute Gasteiger partial charge is 0.340 e. The fourth-order valence-electron chi connectivity index (χ4n) is 4.18. The van der Waals surface area contributed by atoms with Crippen molar-refractivity contribution >= 4 is 22.8 Å². The molecule has 150 valence electrons. The van der Waals surface area contributed by atoms with Crippen LogP contribution in [0, 0.1) is 0 Å². The summed E-state index contributed by atoms with van der Waals surface area (Å²) >= 11 is 0. The van der Waals surface area contributed by atoms with Crippen molar-refractivity contribution in [3.8, 4) is 0 Å². The van der Waals surface area contributed by atoms with Gasteiger partial charge >= 0.3 is 5.69 Å². The molecule has 0 unspecified atom stereocenters. The summed E-state index contributed by atoms with van der Waals surface area (Å²) in [6.45, 7) is 10.1. The number of hydrogen-bond acceptors (Lipinski definition) is 4. The summed E-state index contributed by atoms with van der Waals surface area (Å²) in [7, 11) is 0. The van der Waals surface area contributed by atoms with Crippen molar-refractivity contribution < 1.29 is 9.59 Å². The third-order valence-corrected chi connectivity index (χ3v) is 5.91. The standard InChI is InChI=1S/C20H27N5O3/c1-13(2)25-18-10-15(4-5-17(18)21-20(25)28)19(27)23-8-6-22(7-9-23)16-11-24(12-16)14(3)26/h4-5,10,13,16H,6-9,11-12H2,1-3H3,(H,21,28). The first-order valence-corrected chi connectivity index (χ1v) is 9.88. The van der Waals surface area contributed by atoms with Gasteiger partial charge in [0.25, 0.3) is 5.91 Å². The number of aromatic amines is 1. The number of hydrogen-bond donors (Lipinski definition) is 1. The first-order valence-electron chi connectivity index (χ1n) is 9.88. The lowest BCUT2D eigenvalue weighted by Crippen LogP contribution is -2.64. The van der Waals surface area contributed by atoms with E-state index in [1.165, 1.54) is 0 Å². The molecule has 0 atom stereocenters. The number of piperazine rings is 1. The Hall–Kier alpha value is -2.61. The van der Waals surface area contributed by atoms with E-state index in [4.69, 9.17) is 0 Å². The zero-order chi connectivity index (χ0) is 20.0. The number of rotatable bonds is 3. The zero-order valence-electron chi connectivity index (χ0n) is 16.6. The van der Waals surface area contributed by atoms with Crippen LogP contribution in [0.15, 0.2) is 23.0 Å². The van der Waals surface area contributed by atoms with Gasteiger partial charge in [0.1, 0.15) is 0 Å². The van der Waals surface area contributed by atoms with Crippen molar-refractivity contribution in [3.63, 3.8) is 0 Å². The molecule has 4 rings (SSSR count). The number of imidazole rings is 1. The van der Waals surface area contributed by atoms with Gasteiger partial charge < -0.3 is 14.8 Å². The Morgan fingerprint density at radius 3 is 2.36 bits per heavy atom. The molecule has 2 aliphatic rings. The van der Waals surface area contributed by atoms with Crippen molar-refractivity contribution in [1.29, 1.82) is 0 Å². The molecule has 0 bridgehead atoms. The lowest BCUT2D eigenvalue weighted by Gasteiger charge is -2.47. The number of amides is 2. The Morgan fingerprint density at radius 2 is 1.75 bits per heavy atom. The van der Waals surface area contributed by atoms with Gasteiger partial charge in [-0.15, -0.1) is 0 Å². The van der Waals surface area contributed by atoms with E-state index in [0.717, 1.165) is 37.2 Å². The second-order valence-electron chi connectivity index (χ2n) is 8.03. The predicted molar refractivity (Wildman–Crippen MR) is 106 cm³/mol. The number of aromatic nitrogens is 2. The Balaban J connectivity index is 1.44.